The first-order chi connectivity index (χ1) is 14.9. The summed E-state index contributed by atoms with van der Waals surface area (Å²) in [5.74, 6) is 0.700. The maximum Gasteiger partial charge on any atom is 0.328 e. The van der Waals surface area contributed by atoms with Crippen molar-refractivity contribution in [2.45, 2.75) is 38.8 Å². The second-order valence-electron chi connectivity index (χ2n) is 7.59. The summed E-state index contributed by atoms with van der Waals surface area (Å²) in [6, 6.07) is 3.96. The molecule has 0 bridgehead atoms. The fourth-order valence-corrected chi connectivity index (χ4v) is 3.83. The Bertz CT molecular complexity index is 906. The SMILES string of the molecule is CC[C@H](C)[C@@H](NC(=O)N1CCc2[nH]cnc2[C@@H]1c1cc(OC)cc(OC)c1)C(=O)OC. The van der Waals surface area contributed by atoms with Crippen molar-refractivity contribution < 1.29 is 23.8 Å². The molecule has 2 heterocycles. The fraction of sp³-hybridized carbons (Fsp3) is 0.500. The number of fused-ring (bicyclic) bond motifs is 1. The number of esters is 1. The van der Waals surface area contributed by atoms with Gasteiger partial charge in [-0.2, -0.15) is 0 Å². The quantitative estimate of drug-likeness (QED) is 0.654. The van der Waals surface area contributed by atoms with Crippen LogP contribution in [0.1, 0.15) is 43.3 Å². The Morgan fingerprint density at radius 2 is 1.90 bits per heavy atom. The molecule has 2 aromatic rings. The number of H-pyrrole nitrogens is 1. The maximum absolute atomic E-state index is 13.4. The Hall–Kier alpha value is -3.23. The van der Waals surface area contributed by atoms with Crippen LogP contribution in [0.15, 0.2) is 24.5 Å². The molecule has 3 rings (SSSR count). The molecule has 2 amide bonds. The van der Waals surface area contributed by atoms with E-state index in [4.69, 9.17) is 14.2 Å². The summed E-state index contributed by atoms with van der Waals surface area (Å²) in [6.07, 6.45) is 2.99. The zero-order chi connectivity index (χ0) is 22.5. The topological polar surface area (TPSA) is 106 Å². The van der Waals surface area contributed by atoms with E-state index >= 15 is 0 Å². The van der Waals surface area contributed by atoms with Crippen molar-refractivity contribution in [2.75, 3.05) is 27.9 Å². The number of amides is 2. The molecule has 31 heavy (non-hydrogen) atoms. The molecule has 9 nitrogen and oxygen atoms in total. The first-order valence-electron chi connectivity index (χ1n) is 10.3. The highest BCUT2D eigenvalue weighted by Crippen LogP contribution is 2.37. The van der Waals surface area contributed by atoms with Crippen LogP contribution in [0.2, 0.25) is 0 Å². The van der Waals surface area contributed by atoms with Crippen LogP contribution in [-0.2, 0) is 16.0 Å². The number of imidazole rings is 1. The van der Waals surface area contributed by atoms with Gasteiger partial charge in [-0.05, 0) is 23.6 Å². The van der Waals surface area contributed by atoms with E-state index in [9.17, 15) is 9.59 Å². The van der Waals surface area contributed by atoms with Crippen LogP contribution in [0.4, 0.5) is 4.79 Å². The lowest BCUT2D eigenvalue weighted by Crippen LogP contribution is -2.53. The molecule has 0 unspecified atom stereocenters. The van der Waals surface area contributed by atoms with Gasteiger partial charge in [-0.3, -0.25) is 0 Å². The number of rotatable bonds is 7. The van der Waals surface area contributed by atoms with Crippen LogP contribution in [0, 0.1) is 5.92 Å². The van der Waals surface area contributed by atoms with Gasteiger partial charge in [-0.1, -0.05) is 20.3 Å². The number of ether oxygens (including phenoxy) is 3. The number of nitrogens with one attached hydrogen (secondary N) is 2. The average Bonchev–Trinajstić information content (AvgIpc) is 3.29. The molecular weight excluding hydrogens is 400 g/mol. The van der Waals surface area contributed by atoms with Gasteiger partial charge in [0.15, 0.2) is 0 Å². The van der Waals surface area contributed by atoms with Gasteiger partial charge in [0, 0.05) is 24.7 Å². The molecule has 0 aliphatic carbocycles. The predicted octanol–water partition coefficient (Wildman–Crippen LogP) is 2.67. The summed E-state index contributed by atoms with van der Waals surface area (Å²) < 4.78 is 15.8. The van der Waals surface area contributed by atoms with Crippen molar-refractivity contribution in [3.05, 3.63) is 41.5 Å². The van der Waals surface area contributed by atoms with E-state index in [-0.39, 0.29) is 11.9 Å². The average molecular weight is 431 g/mol. The third kappa shape index (κ3) is 4.60. The van der Waals surface area contributed by atoms with E-state index in [1.807, 2.05) is 26.0 Å². The summed E-state index contributed by atoms with van der Waals surface area (Å²) in [4.78, 5) is 35.0. The van der Waals surface area contributed by atoms with Gasteiger partial charge in [0.2, 0.25) is 0 Å². The standard InChI is InChI=1S/C22H30N4O5/c1-6-13(2)18(21(27)31-5)25-22(28)26-8-7-17-19(24-12-23-17)20(26)14-9-15(29-3)11-16(10-14)30-4/h9-13,18,20H,6-8H2,1-5H3,(H,23,24)(H,25,28)/t13-,18+,20-/m0/s1. The van der Waals surface area contributed by atoms with Crippen molar-refractivity contribution in [1.82, 2.24) is 20.2 Å². The monoisotopic (exact) mass is 430 g/mol. The van der Waals surface area contributed by atoms with Crippen molar-refractivity contribution in [2.24, 2.45) is 5.92 Å². The molecule has 2 N–H and O–H groups in total. The number of urea groups is 1. The molecule has 1 aromatic heterocycles. The summed E-state index contributed by atoms with van der Waals surface area (Å²) in [5.41, 5.74) is 2.54. The lowest BCUT2D eigenvalue weighted by atomic mass is 9.95. The van der Waals surface area contributed by atoms with Crippen molar-refractivity contribution in [1.29, 1.82) is 0 Å². The second-order valence-corrected chi connectivity index (χ2v) is 7.59. The molecule has 3 atom stereocenters. The maximum atomic E-state index is 13.4. The Labute approximate surface area is 182 Å². The van der Waals surface area contributed by atoms with E-state index in [0.29, 0.717) is 24.5 Å². The first kappa shape index (κ1) is 22.5. The zero-order valence-electron chi connectivity index (χ0n) is 18.6. The minimum Gasteiger partial charge on any atom is -0.497 e. The van der Waals surface area contributed by atoms with Crippen LogP contribution in [0.3, 0.4) is 0 Å². The van der Waals surface area contributed by atoms with Crippen LogP contribution in [0.5, 0.6) is 11.5 Å². The number of carbonyl (C=O) groups is 2. The van der Waals surface area contributed by atoms with Gasteiger partial charge in [-0.15, -0.1) is 0 Å². The summed E-state index contributed by atoms with van der Waals surface area (Å²) in [7, 11) is 4.49. The summed E-state index contributed by atoms with van der Waals surface area (Å²) in [6.45, 7) is 4.34. The van der Waals surface area contributed by atoms with Gasteiger partial charge in [0.1, 0.15) is 23.6 Å². The number of aromatic nitrogens is 2. The molecule has 9 heteroatoms. The van der Waals surface area contributed by atoms with Crippen molar-refractivity contribution >= 4 is 12.0 Å². The molecular formula is C22H30N4O5. The molecule has 168 valence electrons. The van der Waals surface area contributed by atoms with E-state index < -0.39 is 18.1 Å². The number of benzene rings is 1. The Morgan fingerprint density at radius 3 is 2.48 bits per heavy atom. The number of hydrogen-bond acceptors (Lipinski definition) is 6. The summed E-state index contributed by atoms with van der Waals surface area (Å²) >= 11 is 0. The van der Waals surface area contributed by atoms with Gasteiger partial charge < -0.3 is 29.4 Å². The fourth-order valence-electron chi connectivity index (χ4n) is 3.83. The largest absolute Gasteiger partial charge is 0.497 e. The third-order valence-corrected chi connectivity index (χ3v) is 5.82. The molecule has 0 spiro atoms. The van der Waals surface area contributed by atoms with Crippen LogP contribution in [0.25, 0.3) is 0 Å². The minimum absolute atomic E-state index is 0.0718. The zero-order valence-corrected chi connectivity index (χ0v) is 18.6. The van der Waals surface area contributed by atoms with Crippen LogP contribution < -0.4 is 14.8 Å². The number of hydrogen-bond donors (Lipinski definition) is 2. The van der Waals surface area contributed by atoms with E-state index in [0.717, 1.165) is 23.4 Å². The molecule has 0 saturated heterocycles. The minimum atomic E-state index is -0.733. The number of methoxy groups -OCH3 is 3. The third-order valence-electron chi connectivity index (χ3n) is 5.82. The molecule has 1 aliphatic rings. The van der Waals surface area contributed by atoms with Gasteiger partial charge >= 0.3 is 12.0 Å². The Balaban J connectivity index is 1.99. The van der Waals surface area contributed by atoms with E-state index in [1.54, 1.807) is 31.5 Å². The number of aromatic amines is 1. The van der Waals surface area contributed by atoms with Crippen molar-refractivity contribution in [3.63, 3.8) is 0 Å². The number of nitrogens with zero attached hydrogens (tertiary/aromatic N) is 2. The van der Waals surface area contributed by atoms with E-state index in [2.05, 4.69) is 15.3 Å². The van der Waals surface area contributed by atoms with Crippen LogP contribution in [-0.4, -0.2) is 60.8 Å². The normalized spacial score (nSPS) is 17.3. The molecule has 0 radical (unpaired) electrons. The molecule has 1 aromatic carbocycles. The smallest absolute Gasteiger partial charge is 0.328 e. The highest BCUT2D eigenvalue weighted by atomic mass is 16.5. The summed E-state index contributed by atoms with van der Waals surface area (Å²) in [5, 5.41) is 2.88. The highest BCUT2D eigenvalue weighted by Gasteiger charge is 2.37. The van der Waals surface area contributed by atoms with Gasteiger partial charge in [0.05, 0.1) is 33.4 Å². The first-order valence-corrected chi connectivity index (χ1v) is 10.3. The van der Waals surface area contributed by atoms with Gasteiger partial charge in [0.25, 0.3) is 0 Å². The number of carbonyl (C=O) groups excluding carboxylic acids is 2. The Kier molecular flexibility index (Phi) is 7.04. The molecule has 0 saturated carbocycles. The van der Waals surface area contributed by atoms with Gasteiger partial charge in [-0.25, -0.2) is 14.6 Å². The highest BCUT2D eigenvalue weighted by molar-refractivity contribution is 5.84. The molecule has 1 aliphatic heterocycles. The van der Waals surface area contributed by atoms with Crippen LogP contribution >= 0.6 is 0 Å². The lowest BCUT2D eigenvalue weighted by molar-refractivity contribution is -0.144. The molecule has 0 fully saturated rings. The predicted molar refractivity (Wildman–Crippen MR) is 114 cm³/mol. The second kappa shape index (κ2) is 9.72. The van der Waals surface area contributed by atoms with Crippen molar-refractivity contribution in [3.8, 4) is 11.5 Å². The Morgan fingerprint density at radius 1 is 1.23 bits per heavy atom. The lowest BCUT2D eigenvalue weighted by Gasteiger charge is -2.36. The van der Waals surface area contributed by atoms with E-state index in [1.165, 1.54) is 7.11 Å².